The quantitative estimate of drug-likeness (QED) is 0.838. The first-order valence-electron chi connectivity index (χ1n) is 6.85. The Labute approximate surface area is 117 Å². The van der Waals surface area contributed by atoms with Gasteiger partial charge in [0.15, 0.2) is 0 Å². The Morgan fingerprint density at radius 3 is 2.95 bits per heavy atom. The Kier molecular flexibility index (Phi) is 3.08. The van der Waals surface area contributed by atoms with E-state index in [2.05, 4.69) is 5.32 Å². The highest BCUT2D eigenvalue weighted by atomic mass is 16.5. The third kappa shape index (κ3) is 1.92. The molecule has 1 aliphatic heterocycles. The molecule has 1 atom stereocenters. The number of rotatable bonds is 2. The summed E-state index contributed by atoms with van der Waals surface area (Å²) in [7, 11) is 1.62. The van der Waals surface area contributed by atoms with Gasteiger partial charge in [0.25, 0.3) is 5.91 Å². The molecule has 20 heavy (non-hydrogen) atoms. The van der Waals surface area contributed by atoms with Gasteiger partial charge in [0.2, 0.25) is 5.91 Å². The van der Waals surface area contributed by atoms with Gasteiger partial charge in [-0.05, 0) is 37.0 Å². The normalized spacial score (nSPS) is 25.6. The fourth-order valence-corrected chi connectivity index (χ4v) is 3.31. The number of fused-ring (bicyclic) bond motifs is 1. The van der Waals surface area contributed by atoms with Crippen LogP contribution in [-0.2, 0) is 15.0 Å². The monoisotopic (exact) mass is 271 g/mol. The van der Waals surface area contributed by atoms with Gasteiger partial charge in [-0.1, -0.05) is 18.2 Å². The predicted octanol–water partition coefficient (Wildman–Crippen LogP) is 2.09. The minimum absolute atomic E-state index is 0.197. The van der Waals surface area contributed by atoms with Crippen LogP contribution in [0.2, 0.25) is 0 Å². The number of carbonyl (C=O) groups is 2. The molecule has 1 aromatic rings. The van der Waals surface area contributed by atoms with E-state index < -0.39 is 5.41 Å². The smallest absolute Gasteiger partial charge is 0.254 e. The number of benzene rings is 1. The Hall–Kier alpha value is -2.10. The molecule has 1 N–H and O–H groups in total. The number of imide groups is 1. The van der Waals surface area contributed by atoms with Gasteiger partial charge in [-0.15, -0.1) is 0 Å². The highest BCUT2D eigenvalue weighted by Gasteiger charge is 2.46. The molecule has 1 heterocycles. The molecule has 0 saturated carbocycles. The van der Waals surface area contributed by atoms with E-state index in [1.54, 1.807) is 7.11 Å². The van der Waals surface area contributed by atoms with Crippen molar-refractivity contribution in [3.05, 3.63) is 41.5 Å². The lowest BCUT2D eigenvalue weighted by Crippen LogP contribution is -2.50. The summed E-state index contributed by atoms with van der Waals surface area (Å²) in [5, 5.41) is 2.42. The molecule has 1 aromatic carbocycles. The minimum Gasteiger partial charge on any atom is -0.497 e. The molecule has 0 aromatic heterocycles. The molecule has 1 fully saturated rings. The second-order valence-electron chi connectivity index (χ2n) is 5.38. The van der Waals surface area contributed by atoms with Crippen LogP contribution in [-0.4, -0.2) is 18.9 Å². The van der Waals surface area contributed by atoms with E-state index in [-0.39, 0.29) is 11.8 Å². The largest absolute Gasteiger partial charge is 0.497 e. The Morgan fingerprint density at radius 2 is 2.15 bits per heavy atom. The summed E-state index contributed by atoms with van der Waals surface area (Å²) in [5.41, 5.74) is 1.24. The minimum atomic E-state index is -0.480. The second kappa shape index (κ2) is 4.78. The Bertz CT molecular complexity index is 605. The third-order valence-corrected chi connectivity index (χ3v) is 4.25. The first kappa shape index (κ1) is 12.9. The molecule has 4 nitrogen and oxygen atoms in total. The molecule has 2 aliphatic rings. The molecule has 1 aliphatic carbocycles. The van der Waals surface area contributed by atoms with Crippen LogP contribution in [0.5, 0.6) is 5.75 Å². The molecule has 1 unspecified atom stereocenters. The van der Waals surface area contributed by atoms with Crippen molar-refractivity contribution in [1.82, 2.24) is 5.32 Å². The first-order chi connectivity index (χ1) is 9.65. The molecule has 0 spiro atoms. The molecule has 2 amide bonds. The summed E-state index contributed by atoms with van der Waals surface area (Å²) in [6.07, 6.45) is 5.01. The lowest BCUT2D eigenvalue weighted by Gasteiger charge is -2.41. The van der Waals surface area contributed by atoms with E-state index in [9.17, 15) is 9.59 Å². The maximum atomic E-state index is 12.1. The fourth-order valence-electron chi connectivity index (χ4n) is 3.31. The zero-order valence-corrected chi connectivity index (χ0v) is 11.4. The zero-order valence-electron chi connectivity index (χ0n) is 11.4. The average molecular weight is 271 g/mol. The Morgan fingerprint density at radius 1 is 1.30 bits per heavy atom. The number of amides is 2. The molecule has 104 valence electrons. The van der Waals surface area contributed by atoms with Crippen LogP contribution in [0, 0.1) is 0 Å². The van der Waals surface area contributed by atoms with Crippen LogP contribution in [0.4, 0.5) is 0 Å². The van der Waals surface area contributed by atoms with Gasteiger partial charge in [0, 0.05) is 17.4 Å². The number of allylic oxidation sites excluding steroid dienone is 1. The molecule has 0 radical (unpaired) electrons. The van der Waals surface area contributed by atoms with Crippen molar-refractivity contribution in [2.24, 2.45) is 0 Å². The zero-order chi connectivity index (χ0) is 14.2. The SMILES string of the molecule is COc1cccc(C23CCCC=C2C(=O)NC(=O)C3)c1. The summed E-state index contributed by atoms with van der Waals surface area (Å²) in [5.74, 6) is 0.306. The maximum Gasteiger partial charge on any atom is 0.254 e. The van der Waals surface area contributed by atoms with Crippen LogP contribution in [0.25, 0.3) is 0 Å². The van der Waals surface area contributed by atoms with Gasteiger partial charge >= 0.3 is 0 Å². The van der Waals surface area contributed by atoms with Gasteiger partial charge in [-0.25, -0.2) is 0 Å². The molecule has 4 heteroatoms. The number of piperidine rings is 1. The van der Waals surface area contributed by atoms with E-state index in [0.717, 1.165) is 36.1 Å². The average Bonchev–Trinajstić information content (AvgIpc) is 2.47. The number of ether oxygens (including phenoxy) is 1. The number of methoxy groups -OCH3 is 1. The number of carbonyl (C=O) groups excluding carboxylic acids is 2. The van der Waals surface area contributed by atoms with Crippen LogP contribution >= 0.6 is 0 Å². The van der Waals surface area contributed by atoms with Crippen molar-refractivity contribution in [3.8, 4) is 5.75 Å². The van der Waals surface area contributed by atoms with Gasteiger partial charge in [0.05, 0.1) is 7.11 Å². The van der Waals surface area contributed by atoms with E-state index in [1.807, 2.05) is 30.3 Å². The molecule has 1 saturated heterocycles. The van der Waals surface area contributed by atoms with Crippen molar-refractivity contribution in [3.63, 3.8) is 0 Å². The molecule has 3 rings (SSSR count). The van der Waals surface area contributed by atoms with Gasteiger partial charge in [0.1, 0.15) is 5.75 Å². The predicted molar refractivity (Wildman–Crippen MR) is 74.4 cm³/mol. The Balaban J connectivity index is 2.14. The van der Waals surface area contributed by atoms with Gasteiger partial charge < -0.3 is 4.74 Å². The van der Waals surface area contributed by atoms with Gasteiger partial charge in [-0.2, -0.15) is 0 Å². The highest BCUT2D eigenvalue weighted by Crippen LogP contribution is 2.46. The van der Waals surface area contributed by atoms with Crippen LogP contribution in [0.3, 0.4) is 0 Å². The summed E-state index contributed by atoms with van der Waals surface area (Å²) >= 11 is 0. The van der Waals surface area contributed by atoms with E-state index in [1.165, 1.54) is 0 Å². The second-order valence-corrected chi connectivity index (χ2v) is 5.38. The standard InChI is InChI=1S/C16H17NO3/c1-20-12-6-4-5-11(9-12)16-8-3-2-7-13(16)15(19)17-14(18)10-16/h4-7,9H,2-3,8,10H2,1H3,(H,17,18,19). The summed E-state index contributed by atoms with van der Waals surface area (Å²) in [6.45, 7) is 0. The molecular formula is C16H17NO3. The summed E-state index contributed by atoms with van der Waals surface area (Å²) in [6, 6.07) is 7.70. The van der Waals surface area contributed by atoms with E-state index in [0.29, 0.717) is 6.42 Å². The first-order valence-corrected chi connectivity index (χ1v) is 6.85. The van der Waals surface area contributed by atoms with Crippen molar-refractivity contribution < 1.29 is 14.3 Å². The van der Waals surface area contributed by atoms with Crippen molar-refractivity contribution >= 4 is 11.8 Å². The lowest BCUT2D eigenvalue weighted by atomic mass is 9.64. The topological polar surface area (TPSA) is 55.4 Å². The molecule has 0 bridgehead atoms. The van der Waals surface area contributed by atoms with Crippen molar-refractivity contribution in [2.75, 3.05) is 7.11 Å². The van der Waals surface area contributed by atoms with E-state index >= 15 is 0 Å². The number of hydrogen-bond acceptors (Lipinski definition) is 3. The van der Waals surface area contributed by atoms with Crippen LogP contribution in [0.15, 0.2) is 35.9 Å². The van der Waals surface area contributed by atoms with E-state index in [4.69, 9.17) is 4.74 Å². The number of nitrogens with one attached hydrogen (secondary N) is 1. The van der Waals surface area contributed by atoms with Crippen LogP contribution < -0.4 is 10.1 Å². The maximum absolute atomic E-state index is 12.1. The fraction of sp³-hybridized carbons (Fsp3) is 0.375. The van der Waals surface area contributed by atoms with Gasteiger partial charge in [-0.3, -0.25) is 14.9 Å². The lowest BCUT2D eigenvalue weighted by molar-refractivity contribution is -0.132. The third-order valence-electron chi connectivity index (χ3n) is 4.25. The van der Waals surface area contributed by atoms with Crippen molar-refractivity contribution in [2.45, 2.75) is 31.1 Å². The van der Waals surface area contributed by atoms with Crippen molar-refractivity contribution in [1.29, 1.82) is 0 Å². The number of hydrogen-bond donors (Lipinski definition) is 1. The summed E-state index contributed by atoms with van der Waals surface area (Å²) < 4.78 is 5.27. The molecular weight excluding hydrogens is 254 g/mol. The highest BCUT2D eigenvalue weighted by molar-refractivity contribution is 6.10. The van der Waals surface area contributed by atoms with Crippen LogP contribution in [0.1, 0.15) is 31.2 Å². The summed E-state index contributed by atoms with van der Waals surface area (Å²) in [4.78, 5) is 24.0.